The van der Waals surface area contributed by atoms with Crippen molar-refractivity contribution in [2.24, 2.45) is 5.92 Å². The van der Waals surface area contributed by atoms with Crippen LogP contribution < -0.4 is 10.2 Å². The Hall–Kier alpha value is -2.89. The lowest BCUT2D eigenvalue weighted by Gasteiger charge is -2.32. The lowest BCUT2D eigenvalue weighted by atomic mass is 9.97. The quantitative estimate of drug-likeness (QED) is 0.794. The molecule has 0 aliphatic carbocycles. The fraction of sp³-hybridized carbons (Fsp3) is 0.316. The summed E-state index contributed by atoms with van der Waals surface area (Å²) in [5, 5.41) is 3.04. The van der Waals surface area contributed by atoms with E-state index in [4.69, 9.17) is 0 Å². The summed E-state index contributed by atoms with van der Waals surface area (Å²) in [5.74, 6) is 1.03. The Morgan fingerprint density at radius 3 is 3.00 bits per heavy atom. The Bertz CT molecular complexity index is 827. The van der Waals surface area contributed by atoms with Gasteiger partial charge in [0, 0.05) is 31.7 Å². The van der Waals surface area contributed by atoms with E-state index in [2.05, 4.69) is 20.2 Å². The number of nitrogens with zero attached hydrogens (tertiary/aromatic N) is 4. The monoisotopic (exact) mass is 335 g/mol. The minimum atomic E-state index is -0.00668. The number of rotatable bonds is 4. The van der Waals surface area contributed by atoms with Crippen LogP contribution >= 0.6 is 0 Å². The summed E-state index contributed by atoms with van der Waals surface area (Å²) in [6, 6.07) is 11.8. The molecule has 1 aliphatic rings. The number of hydrogen-bond acceptors (Lipinski definition) is 4. The highest BCUT2D eigenvalue weighted by Gasteiger charge is 2.26. The number of amides is 1. The Morgan fingerprint density at radius 2 is 2.16 bits per heavy atom. The van der Waals surface area contributed by atoms with Crippen molar-refractivity contribution in [3.63, 3.8) is 0 Å². The second kappa shape index (κ2) is 6.93. The zero-order valence-electron chi connectivity index (χ0n) is 14.0. The van der Waals surface area contributed by atoms with Crippen LogP contribution in [0, 0.1) is 5.92 Å². The van der Waals surface area contributed by atoms with Crippen LogP contribution in [0.3, 0.4) is 0 Å². The second-order valence-electron chi connectivity index (χ2n) is 6.39. The molecular formula is C19H21N5O. The van der Waals surface area contributed by atoms with E-state index < -0.39 is 0 Å². The maximum absolute atomic E-state index is 12.6. The normalized spacial score (nSPS) is 17.6. The molecule has 1 amide bonds. The summed E-state index contributed by atoms with van der Waals surface area (Å²) in [7, 11) is 0. The highest BCUT2D eigenvalue weighted by molar-refractivity contribution is 5.79. The van der Waals surface area contributed by atoms with Gasteiger partial charge in [-0.3, -0.25) is 4.79 Å². The molecule has 1 saturated heterocycles. The van der Waals surface area contributed by atoms with Crippen LogP contribution in [0.15, 0.2) is 55.0 Å². The third-order valence-corrected chi connectivity index (χ3v) is 4.62. The number of fused-ring (bicyclic) bond motifs is 1. The highest BCUT2D eigenvalue weighted by atomic mass is 16.1. The molecule has 1 aliphatic heterocycles. The van der Waals surface area contributed by atoms with Crippen LogP contribution in [-0.2, 0) is 11.3 Å². The first-order valence-electron chi connectivity index (χ1n) is 8.66. The molecule has 3 aromatic rings. The third kappa shape index (κ3) is 3.47. The topological polar surface area (TPSA) is 62.5 Å². The van der Waals surface area contributed by atoms with Gasteiger partial charge in [0.25, 0.3) is 0 Å². The SMILES string of the molecule is O=C(NCc1cn2ccccc2n1)C1CCCN(c2ccccn2)C1. The number of nitrogens with one attached hydrogen (secondary N) is 1. The standard InChI is InChI=1S/C19H21N5O/c25-19(21-12-16-14-24-10-4-2-8-18(24)22-16)15-6-5-11-23(13-15)17-7-1-3-9-20-17/h1-4,7-10,14-15H,5-6,11-13H2,(H,21,25). The number of piperidine rings is 1. The number of carbonyl (C=O) groups excluding carboxylic acids is 1. The number of aromatic nitrogens is 3. The molecular weight excluding hydrogens is 314 g/mol. The molecule has 0 bridgehead atoms. The Balaban J connectivity index is 1.37. The summed E-state index contributed by atoms with van der Waals surface area (Å²) in [4.78, 5) is 23.7. The van der Waals surface area contributed by atoms with Crippen molar-refractivity contribution in [1.29, 1.82) is 0 Å². The van der Waals surface area contributed by atoms with Gasteiger partial charge in [0.2, 0.25) is 5.91 Å². The summed E-state index contributed by atoms with van der Waals surface area (Å²) >= 11 is 0. The average molecular weight is 335 g/mol. The average Bonchev–Trinajstić information content (AvgIpc) is 3.10. The molecule has 0 aromatic carbocycles. The minimum absolute atomic E-state index is 0.00668. The van der Waals surface area contributed by atoms with E-state index in [0.29, 0.717) is 13.1 Å². The van der Waals surface area contributed by atoms with E-state index in [1.807, 2.05) is 53.2 Å². The minimum Gasteiger partial charge on any atom is -0.356 e. The lowest BCUT2D eigenvalue weighted by molar-refractivity contribution is -0.125. The van der Waals surface area contributed by atoms with Gasteiger partial charge in [0.05, 0.1) is 18.2 Å². The fourth-order valence-electron chi connectivity index (χ4n) is 3.33. The Morgan fingerprint density at radius 1 is 1.24 bits per heavy atom. The molecule has 3 aromatic heterocycles. The molecule has 0 spiro atoms. The lowest BCUT2D eigenvalue weighted by Crippen LogP contribution is -2.43. The van der Waals surface area contributed by atoms with Crippen LogP contribution in [0.2, 0.25) is 0 Å². The molecule has 1 unspecified atom stereocenters. The van der Waals surface area contributed by atoms with Crippen molar-refractivity contribution >= 4 is 17.4 Å². The van der Waals surface area contributed by atoms with Crippen molar-refractivity contribution < 1.29 is 4.79 Å². The molecule has 25 heavy (non-hydrogen) atoms. The van der Waals surface area contributed by atoms with Crippen LogP contribution in [0.4, 0.5) is 5.82 Å². The highest BCUT2D eigenvalue weighted by Crippen LogP contribution is 2.21. The van der Waals surface area contributed by atoms with Gasteiger partial charge in [-0.15, -0.1) is 0 Å². The molecule has 1 N–H and O–H groups in total. The molecule has 4 rings (SSSR count). The molecule has 0 radical (unpaired) electrons. The van der Waals surface area contributed by atoms with E-state index in [-0.39, 0.29) is 11.8 Å². The fourth-order valence-corrected chi connectivity index (χ4v) is 3.33. The number of hydrogen-bond donors (Lipinski definition) is 1. The van der Waals surface area contributed by atoms with Crippen molar-refractivity contribution in [3.05, 3.63) is 60.7 Å². The van der Waals surface area contributed by atoms with E-state index in [1.165, 1.54) is 0 Å². The van der Waals surface area contributed by atoms with Crippen molar-refractivity contribution in [2.45, 2.75) is 19.4 Å². The molecule has 128 valence electrons. The van der Waals surface area contributed by atoms with Crippen LogP contribution in [0.5, 0.6) is 0 Å². The summed E-state index contributed by atoms with van der Waals surface area (Å²) in [6.45, 7) is 2.13. The second-order valence-corrected chi connectivity index (χ2v) is 6.39. The number of anilines is 1. The first-order valence-corrected chi connectivity index (χ1v) is 8.66. The maximum atomic E-state index is 12.6. The molecule has 1 atom stereocenters. The largest absolute Gasteiger partial charge is 0.356 e. The predicted octanol–water partition coefficient (Wildman–Crippen LogP) is 2.26. The molecule has 6 nitrogen and oxygen atoms in total. The third-order valence-electron chi connectivity index (χ3n) is 4.62. The van der Waals surface area contributed by atoms with Gasteiger partial charge in [-0.2, -0.15) is 0 Å². The Kier molecular flexibility index (Phi) is 4.33. The zero-order valence-corrected chi connectivity index (χ0v) is 14.0. The summed E-state index contributed by atoms with van der Waals surface area (Å²) in [6.07, 6.45) is 7.63. The number of pyridine rings is 2. The van der Waals surface area contributed by atoms with Gasteiger partial charge >= 0.3 is 0 Å². The molecule has 1 fully saturated rings. The number of carbonyl (C=O) groups is 1. The van der Waals surface area contributed by atoms with Gasteiger partial charge in [0.15, 0.2) is 0 Å². The maximum Gasteiger partial charge on any atom is 0.225 e. The van der Waals surface area contributed by atoms with Crippen LogP contribution in [-0.4, -0.2) is 33.4 Å². The van der Waals surface area contributed by atoms with Gasteiger partial charge in [-0.25, -0.2) is 9.97 Å². The first kappa shape index (κ1) is 15.6. The van der Waals surface area contributed by atoms with Crippen molar-refractivity contribution in [1.82, 2.24) is 19.7 Å². The van der Waals surface area contributed by atoms with E-state index >= 15 is 0 Å². The Labute approximate surface area is 146 Å². The molecule has 6 heteroatoms. The van der Waals surface area contributed by atoms with Gasteiger partial charge in [0.1, 0.15) is 11.5 Å². The predicted molar refractivity (Wildman–Crippen MR) is 96.2 cm³/mol. The zero-order chi connectivity index (χ0) is 17.1. The van der Waals surface area contributed by atoms with E-state index in [0.717, 1.165) is 36.5 Å². The van der Waals surface area contributed by atoms with Crippen molar-refractivity contribution in [3.8, 4) is 0 Å². The summed E-state index contributed by atoms with van der Waals surface area (Å²) in [5.41, 5.74) is 1.77. The van der Waals surface area contributed by atoms with Gasteiger partial charge < -0.3 is 14.6 Å². The van der Waals surface area contributed by atoms with Crippen LogP contribution in [0.1, 0.15) is 18.5 Å². The number of imidazole rings is 1. The van der Waals surface area contributed by atoms with Crippen LogP contribution in [0.25, 0.3) is 5.65 Å². The van der Waals surface area contributed by atoms with E-state index in [9.17, 15) is 4.79 Å². The first-order chi connectivity index (χ1) is 12.3. The van der Waals surface area contributed by atoms with Crippen molar-refractivity contribution in [2.75, 3.05) is 18.0 Å². The van der Waals surface area contributed by atoms with E-state index in [1.54, 1.807) is 6.20 Å². The molecule has 4 heterocycles. The molecule has 0 saturated carbocycles. The van der Waals surface area contributed by atoms with Gasteiger partial charge in [-0.05, 0) is 37.1 Å². The van der Waals surface area contributed by atoms with Gasteiger partial charge in [-0.1, -0.05) is 12.1 Å². The summed E-state index contributed by atoms with van der Waals surface area (Å²) < 4.78 is 1.96. The smallest absolute Gasteiger partial charge is 0.225 e.